The lowest BCUT2D eigenvalue weighted by Crippen LogP contribution is -2.35. The Morgan fingerprint density at radius 3 is 2.44 bits per heavy atom. The van der Waals surface area contributed by atoms with Gasteiger partial charge in [0.15, 0.2) is 0 Å². The van der Waals surface area contributed by atoms with Crippen LogP contribution in [-0.2, 0) is 6.42 Å². The SMILES string of the molecule is Cc1ccc(Nc2nc(N/N=C\c3ccc(-c4ccc(C)c(Cl)c4)o3)nc(N3CCC(Cc4ccccc4)CC3)n2)cc1. The largest absolute Gasteiger partial charge is 0.455 e. The summed E-state index contributed by atoms with van der Waals surface area (Å²) < 4.78 is 5.96. The molecule has 1 aliphatic heterocycles. The van der Waals surface area contributed by atoms with Crippen molar-refractivity contribution >= 4 is 41.3 Å². The molecule has 43 heavy (non-hydrogen) atoms. The molecular weight excluding hydrogens is 558 g/mol. The van der Waals surface area contributed by atoms with Gasteiger partial charge in [-0.15, -0.1) is 0 Å². The number of hydrazone groups is 1. The van der Waals surface area contributed by atoms with Crippen LogP contribution in [0.5, 0.6) is 0 Å². The van der Waals surface area contributed by atoms with E-state index in [4.69, 9.17) is 26.0 Å². The van der Waals surface area contributed by atoms with Crippen LogP contribution < -0.4 is 15.6 Å². The third-order valence-corrected chi connectivity index (χ3v) is 8.04. The highest BCUT2D eigenvalue weighted by molar-refractivity contribution is 6.31. The van der Waals surface area contributed by atoms with Gasteiger partial charge in [0.1, 0.15) is 11.5 Å². The van der Waals surface area contributed by atoms with Crippen LogP contribution in [0.15, 0.2) is 94.4 Å². The molecular formula is C34H34ClN7O. The predicted octanol–water partition coefficient (Wildman–Crippen LogP) is 8.05. The summed E-state index contributed by atoms with van der Waals surface area (Å²) in [6, 6.07) is 28.4. The van der Waals surface area contributed by atoms with Gasteiger partial charge in [0.2, 0.25) is 17.8 Å². The molecule has 1 aliphatic rings. The van der Waals surface area contributed by atoms with Gasteiger partial charge < -0.3 is 14.6 Å². The molecule has 0 spiro atoms. The number of aryl methyl sites for hydroxylation is 2. The fraction of sp³-hybridized carbons (Fsp3) is 0.235. The molecule has 9 heteroatoms. The zero-order valence-corrected chi connectivity index (χ0v) is 25.1. The van der Waals surface area contributed by atoms with Crippen molar-refractivity contribution in [2.45, 2.75) is 33.1 Å². The quantitative estimate of drug-likeness (QED) is 0.132. The number of hydrogen-bond donors (Lipinski definition) is 2. The van der Waals surface area contributed by atoms with Gasteiger partial charge >= 0.3 is 0 Å². The average Bonchev–Trinajstić information content (AvgIpc) is 3.49. The highest BCUT2D eigenvalue weighted by Crippen LogP contribution is 2.28. The maximum absolute atomic E-state index is 6.30. The Morgan fingerprint density at radius 2 is 1.67 bits per heavy atom. The van der Waals surface area contributed by atoms with Crippen molar-refractivity contribution in [1.82, 2.24) is 15.0 Å². The summed E-state index contributed by atoms with van der Waals surface area (Å²) in [7, 11) is 0. The topological polar surface area (TPSA) is 91.5 Å². The van der Waals surface area contributed by atoms with Crippen LogP contribution in [0.4, 0.5) is 23.5 Å². The van der Waals surface area contributed by atoms with Gasteiger partial charge in [0.05, 0.1) is 6.21 Å². The minimum atomic E-state index is 0.347. The zero-order chi connectivity index (χ0) is 29.6. The molecule has 5 aromatic rings. The molecule has 2 aromatic heterocycles. The Kier molecular flexibility index (Phi) is 8.65. The van der Waals surface area contributed by atoms with E-state index in [0.717, 1.165) is 49.2 Å². The molecule has 218 valence electrons. The van der Waals surface area contributed by atoms with Crippen molar-refractivity contribution < 1.29 is 4.42 Å². The lowest BCUT2D eigenvalue weighted by molar-refractivity contribution is 0.400. The van der Waals surface area contributed by atoms with Crippen LogP contribution in [-0.4, -0.2) is 34.3 Å². The molecule has 0 bridgehead atoms. The van der Waals surface area contributed by atoms with Gasteiger partial charge in [-0.25, -0.2) is 5.43 Å². The first-order chi connectivity index (χ1) is 21.0. The second-order valence-corrected chi connectivity index (χ2v) is 11.3. The fourth-order valence-electron chi connectivity index (χ4n) is 5.14. The molecule has 2 N–H and O–H groups in total. The molecule has 0 unspecified atom stereocenters. The van der Waals surface area contributed by atoms with Crippen molar-refractivity contribution in [1.29, 1.82) is 0 Å². The Morgan fingerprint density at radius 1 is 0.907 bits per heavy atom. The minimum absolute atomic E-state index is 0.347. The molecule has 3 aromatic carbocycles. The Labute approximate surface area is 256 Å². The summed E-state index contributed by atoms with van der Waals surface area (Å²) >= 11 is 6.30. The lowest BCUT2D eigenvalue weighted by atomic mass is 9.90. The number of nitrogens with zero attached hydrogens (tertiary/aromatic N) is 5. The van der Waals surface area contributed by atoms with Crippen LogP contribution in [0, 0.1) is 19.8 Å². The standard InChI is InChI=1S/C34H34ClN7O/c1-23-8-12-28(13-9-23)37-32-38-33(41-36-22-29-14-15-31(43-29)27-11-10-24(2)30(35)21-27)40-34(39-32)42-18-16-26(17-19-42)20-25-6-4-3-5-7-25/h3-15,21-22,26H,16-20H2,1-2H3,(H2,37,38,39,40,41)/b36-22-. The second-order valence-electron chi connectivity index (χ2n) is 10.9. The molecule has 6 rings (SSSR count). The summed E-state index contributed by atoms with van der Waals surface area (Å²) in [5, 5.41) is 8.38. The van der Waals surface area contributed by atoms with E-state index in [2.05, 4.69) is 63.0 Å². The number of aromatic nitrogens is 3. The van der Waals surface area contributed by atoms with E-state index >= 15 is 0 Å². The van der Waals surface area contributed by atoms with Gasteiger partial charge in [-0.2, -0.15) is 20.1 Å². The average molecular weight is 592 g/mol. The van der Waals surface area contributed by atoms with Crippen LogP contribution in [0.1, 0.15) is 35.3 Å². The zero-order valence-electron chi connectivity index (χ0n) is 24.3. The molecule has 1 fully saturated rings. The third-order valence-electron chi connectivity index (χ3n) is 7.64. The van der Waals surface area contributed by atoms with E-state index in [1.807, 2.05) is 61.5 Å². The molecule has 0 amide bonds. The minimum Gasteiger partial charge on any atom is -0.455 e. The lowest BCUT2D eigenvalue weighted by Gasteiger charge is -2.32. The number of rotatable bonds is 9. The van der Waals surface area contributed by atoms with Crippen LogP contribution in [0.2, 0.25) is 5.02 Å². The van der Waals surface area contributed by atoms with E-state index in [0.29, 0.717) is 40.3 Å². The van der Waals surface area contributed by atoms with Crippen molar-refractivity contribution in [3.05, 3.63) is 112 Å². The summed E-state index contributed by atoms with van der Waals surface area (Å²) in [6.45, 7) is 5.79. The van der Waals surface area contributed by atoms with Gasteiger partial charge in [-0.3, -0.25) is 0 Å². The number of hydrogen-bond acceptors (Lipinski definition) is 8. The first-order valence-corrected chi connectivity index (χ1v) is 14.9. The van der Waals surface area contributed by atoms with Gasteiger partial charge in [0.25, 0.3) is 0 Å². The van der Waals surface area contributed by atoms with Crippen LogP contribution in [0.3, 0.4) is 0 Å². The number of nitrogens with one attached hydrogen (secondary N) is 2. The third kappa shape index (κ3) is 7.40. The Bertz CT molecular complexity index is 1690. The number of piperidine rings is 1. The van der Waals surface area contributed by atoms with Crippen molar-refractivity contribution in [2.75, 3.05) is 28.7 Å². The van der Waals surface area contributed by atoms with Crippen LogP contribution >= 0.6 is 11.6 Å². The summed E-state index contributed by atoms with van der Waals surface area (Å²) in [4.78, 5) is 16.3. The summed E-state index contributed by atoms with van der Waals surface area (Å²) in [5.74, 6) is 3.37. The Hall–Kier alpha value is -4.69. The van der Waals surface area contributed by atoms with Gasteiger partial charge in [0, 0.05) is 29.4 Å². The number of furan rings is 1. The van der Waals surface area contributed by atoms with Gasteiger partial charge in [-0.1, -0.05) is 71.8 Å². The number of halogens is 1. The van der Waals surface area contributed by atoms with E-state index in [-0.39, 0.29) is 0 Å². The predicted molar refractivity (Wildman–Crippen MR) is 174 cm³/mol. The van der Waals surface area contributed by atoms with E-state index in [1.165, 1.54) is 11.1 Å². The summed E-state index contributed by atoms with van der Waals surface area (Å²) in [5.41, 5.74) is 8.38. The molecule has 0 radical (unpaired) electrons. The van der Waals surface area contributed by atoms with E-state index < -0.39 is 0 Å². The summed E-state index contributed by atoms with van der Waals surface area (Å²) in [6.07, 6.45) is 4.86. The fourth-order valence-corrected chi connectivity index (χ4v) is 5.32. The molecule has 0 aliphatic carbocycles. The molecule has 8 nitrogen and oxygen atoms in total. The van der Waals surface area contributed by atoms with Crippen molar-refractivity contribution in [3.8, 4) is 11.3 Å². The maximum atomic E-state index is 6.30. The molecule has 3 heterocycles. The monoisotopic (exact) mass is 591 g/mol. The number of benzene rings is 3. The van der Waals surface area contributed by atoms with E-state index in [9.17, 15) is 0 Å². The maximum Gasteiger partial charge on any atom is 0.250 e. The molecule has 1 saturated heterocycles. The first kappa shape index (κ1) is 28.4. The van der Waals surface area contributed by atoms with Gasteiger partial charge in [-0.05, 0) is 80.5 Å². The molecule has 0 saturated carbocycles. The normalized spacial score (nSPS) is 13.9. The smallest absolute Gasteiger partial charge is 0.250 e. The van der Waals surface area contributed by atoms with Crippen LogP contribution in [0.25, 0.3) is 11.3 Å². The highest BCUT2D eigenvalue weighted by atomic mass is 35.5. The van der Waals surface area contributed by atoms with Crippen molar-refractivity contribution in [2.24, 2.45) is 11.0 Å². The van der Waals surface area contributed by atoms with Crippen molar-refractivity contribution in [3.63, 3.8) is 0 Å². The number of anilines is 4. The van der Waals surface area contributed by atoms with E-state index in [1.54, 1.807) is 6.21 Å². The second kappa shape index (κ2) is 13.1. The Balaban J connectivity index is 1.17. The highest BCUT2D eigenvalue weighted by Gasteiger charge is 2.22. The molecule has 0 atom stereocenters. The first-order valence-electron chi connectivity index (χ1n) is 14.5.